The van der Waals surface area contributed by atoms with Gasteiger partial charge in [0.1, 0.15) is 0 Å². The molecule has 0 saturated heterocycles. The van der Waals surface area contributed by atoms with Gasteiger partial charge in [-0.15, -0.1) is 0 Å². The van der Waals surface area contributed by atoms with E-state index in [2.05, 4.69) is 5.32 Å². The molecule has 6 heteroatoms. The number of anilines is 2. The van der Waals surface area contributed by atoms with Gasteiger partial charge in [0.05, 0.1) is 11.4 Å². The van der Waals surface area contributed by atoms with Crippen molar-refractivity contribution in [2.75, 3.05) is 35.7 Å². The molecule has 1 aromatic rings. The van der Waals surface area contributed by atoms with Crippen LogP contribution < -0.4 is 11.1 Å². The highest BCUT2D eigenvalue weighted by atomic mass is 32.2. The molecule has 96 valence electrons. The van der Waals surface area contributed by atoms with Crippen molar-refractivity contribution in [2.45, 2.75) is 6.42 Å². The first-order valence-corrected chi connectivity index (χ1v) is 6.48. The van der Waals surface area contributed by atoms with Crippen molar-refractivity contribution in [3.05, 3.63) is 23.8 Å². The van der Waals surface area contributed by atoms with Gasteiger partial charge in [-0.2, -0.15) is 11.8 Å². The van der Waals surface area contributed by atoms with E-state index < -0.39 is 11.6 Å². The van der Waals surface area contributed by atoms with Crippen molar-refractivity contribution in [3.63, 3.8) is 0 Å². The highest BCUT2D eigenvalue weighted by Crippen LogP contribution is 2.24. The van der Waals surface area contributed by atoms with Crippen LogP contribution in [-0.2, 0) is 0 Å². The third-order valence-corrected chi connectivity index (χ3v) is 3.19. The first kappa shape index (κ1) is 14.1. The predicted octanol–water partition coefficient (Wildman–Crippen LogP) is 2.07. The number of hydrogen-bond donors (Lipinski definition) is 3. The van der Waals surface area contributed by atoms with Gasteiger partial charge in [-0.1, -0.05) is 0 Å². The maximum absolute atomic E-state index is 13.3. The van der Waals surface area contributed by atoms with E-state index in [4.69, 9.17) is 10.8 Å². The Morgan fingerprint density at radius 2 is 2.06 bits per heavy atom. The van der Waals surface area contributed by atoms with E-state index in [1.54, 1.807) is 11.8 Å². The van der Waals surface area contributed by atoms with Gasteiger partial charge in [-0.25, -0.2) is 8.78 Å². The molecule has 0 radical (unpaired) electrons. The molecule has 1 rings (SSSR count). The van der Waals surface area contributed by atoms with E-state index in [1.807, 2.05) is 0 Å². The monoisotopic (exact) mass is 262 g/mol. The van der Waals surface area contributed by atoms with Crippen LogP contribution in [0, 0.1) is 11.6 Å². The number of nitrogens with one attached hydrogen (secondary N) is 1. The van der Waals surface area contributed by atoms with Gasteiger partial charge >= 0.3 is 0 Å². The van der Waals surface area contributed by atoms with Crippen LogP contribution in [0.15, 0.2) is 12.1 Å². The third kappa shape index (κ3) is 4.40. The third-order valence-electron chi connectivity index (χ3n) is 2.12. The Bertz CT molecular complexity index is 364. The van der Waals surface area contributed by atoms with Gasteiger partial charge in [0.2, 0.25) is 0 Å². The van der Waals surface area contributed by atoms with E-state index in [0.29, 0.717) is 6.54 Å². The van der Waals surface area contributed by atoms with Crippen molar-refractivity contribution in [3.8, 4) is 0 Å². The molecule has 0 aromatic heterocycles. The second-order valence-corrected chi connectivity index (χ2v) is 4.67. The number of hydrogen-bond acceptors (Lipinski definition) is 4. The fraction of sp³-hybridized carbons (Fsp3) is 0.455. The first-order chi connectivity index (χ1) is 8.16. The number of aliphatic hydroxyl groups excluding tert-OH is 1. The second-order valence-electron chi connectivity index (χ2n) is 3.44. The summed E-state index contributed by atoms with van der Waals surface area (Å²) in [5.74, 6) is -0.255. The summed E-state index contributed by atoms with van der Waals surface area (Å²) in [7, 11) is 0. The highest BCUT2D eigenvalue weighted by molar-refractivity contribution is 7.99. The fourth-order valence-electron chi connectivity index (χ4n) is 1.26. The summed E-state index contributed by atoms with van der Waals surface area (Å²) in [6, 6.07) is 2.34. The molecule has 0 aliphatic heterocycles. The topological polar surface area (TPSA) is 58.3 Å². The average Bonchev–Trinajstić information content (AvgIpc) is 2.32. The molecule has 0 saturated carbocycles. The minimum atomic E-state index is -0.939. The molecule has 0 atom stereocenters. The molecule has 0 aliphatic rings. The zero-order valence-corrected chi connectivity index (χ0v) is 10.2. The Morgan fingerprint density at radius 1 is 1.29 bits per heavy atom. The molecule has 3 nitrogen and oxygen atoms in total. The van der Waals surface area contributed by atoms with Crippen LogP contribution in [0.4, 0.5) is 20.2 Å². The molecule has 17 heavy (non-hydrogen) atoms. The number of halogens is 2. The fourth-order valence-corrected chi connectivity index (χ4v) is 2.05. The molecule has 0 heterocycles. The van der Waals surface area contributed by atoms with E-state index in [-0.39, 0.29) is 18.0 Å². The molecular weight excluding hydrogens is 246 g/mol. The van der Waals surface area contributed by atoms with Crippen molar-refractivity contribution < 1.29 is 13.9 Å². The highest BCUT2D eigenvalue weighted by Gasteiger charge is 2.10. The largest absolute Gasteiger partial charge is 0.397 e. The smallest absolute Gasteiger partial charge is 0.183 e. The van der Waals surface area contributed by atoms with Crippen molar-refractivity contribution in [1.82, 2.24) is 0 Å². The summed E-state index contributed by atoms with van der Waals surface area (Å²) in [6.45, 7) is 0.673. The number of benzene rings is 1. The number of rotatable bonds is 7. The van der Waals surface area contributed by atoms with Crippen LogP contribution in [0.2, 0.25) is 0 Å². The predicted molar refractivity (Wildman–Crippen MR) is 68.3 cm³/mol. The lowest BCUT2D eigenvalue weighted by molar-refractivity contribution is 0.296. The van der Waals surface area contributed by atoms with Crippen LogP contribution in [-0.4, -0.2) is 29.8 Å². The van der Waals surface area contributed by atoms with Crippen LogP contribution in [0.3, 0.4) is 0 Å². The Morgan fingerprint density at radius 3 is 2.76 bits per heavy atom. The first-order valence-electron chi connectivity index (χ1n) is 5.32. The van der Waals surface area contributed by atoms with E-state index >= 15 is 0 Å². The van der Waals surface area contributed by atoms with Crippen molar-refractivity contribution >= 4 is 23.1 Å². The Kier molecular flexibility index (Phi) is 6.07. The Hall–Kier alpha value is -1.01. The lowest BCUT2D eigenvalue weighted by Gasteiger charge is -2.10. The van der Waals surface area contributed by atoms with Crippen LogP contribution >= 0.6 is 11.8 Å². The molecule has 0 amide bonds. The summed E-state index contributed by atoms with van der Waals surface area (Å²) >= 11 is 1.63. The molecule has 0 fully saturated rings. The van der Waals surface area contributed by atoms with Crippen LogP contribution in [0.1, 0.15) is 6.42 Å². The van der Waals surface area contributed by atoms with Gasteiger partial charge in [0, 0.05) is 18.9 Å². The lowest BCUT2D eigenvalue weighted by Crippen LogP contribution is -2.09. The summed E-state index contributed by atoms with van der Waals surface area (Å²) in [6.07, 6.45) is 0.737. The number of aliphatic hydroxyl groups is 1. The molecule has 0 spiro atoms. The Balaban J connectivity index is 2.39. The minimum Gasteiger partial charge on any atom is -0.397 e. The van der Waals surface area contributed by atoms with E-state index in [9.17, 15) is 8.78 Å². The van der Waals surface area contributed by atoms with Crippen LogP contribution in [0.5, 0.6) is 0 Å². The maximum Gasteiger partial charge on any atom is 0.183 e. The second kappa shape index (κ2) is 7.34. The molecular formula is C11H16F2N2OS. The van der Waals surface area contributed by atoms with Gasteiger partial charge in [0.15, 0.2) is 11.6 Å². The standard InChI is InChI=1S/C11H16F2N2OS/c12-8-2-3-9(14)11(10(8)13)15-4-7-17-6-1-5-16/h2-3,15-16H,1,4-7,14H2. The van der Waals surface area contributed by atoms with Crippen LogP contribution in [0.25, 0.3) is 0 Å². The molecule has 0 unspecified atom stereocenters. The number of nitrogens with two attached hydrogens (primary N) is 1. The summed E-state index contributed by atoms with van der Waals surface area (Å²) in [4.78, 5) is 0. The van der Waals surface area contributed by atoms with Crippen molar-refractivity contribution in [1.29, 1.82) is 0 Å². The number of thioether (sulfide) groups is 1. The summed E-state index contributed by atoms with van der Waals surface area (Å²) in [5, 5.41) is 11.3. The molecule has 0 aliphatic carbocycles. The van der Waals surface area contributed by atoms with E-state index in [0.717, 1.165) is 24.0 Å². The van der Waals surface area contributed by atoms with Gasteiger partial charge in [0.25, 0.3) is 0 Å². The van der Waals surface area contributed by atoms with Gasteiger partial charge in [-0.05, 0) is 24.3 Å². The quantitative estimate of drug-likeness (QED) is 0.520. The van der Waals surface area contributed by atoms with E-state index in [1.165, 1.54) is 6.07 Å². The minimum absolute atomic E-state index is 0.0211. The summed E-state index contributed by atoms with van der Waals surface area (Å²) in [5.41, 5.74) is 5.76. The zero-order chi connectivity index (χ0) is 12.7. The lowest BCUT2D eigenvalue weighted by atomic mass is 10.2. The SMILES string of the molecule is Nc1ccc(F)c(F)c1NCCSCCCO. The Labute approximate surface area is 103 Å². The zero-order valence-electron chi connectivity index (χ0n) is 9.38. The molecule has 1 aromatic carbocycles. The van der Waals surface area contributed by atoms with Gasteiger partial charge < -0.3 is 16.2 Å². The number of nitrogen functional groups attached to an aromatic ring is 1. The molecule has 4 N–H and O–H groups in total. The normalized spacial score (nSPS) is 10.5. The summed E-state index contributed by atoms with van der Waals surface area (Å²) < 4.78 is 26.3. The maximum atomic E-state index is 13.3. The van der Waals surface area contributed by atoms with Gasteiger partial charge in [-0.3, -0.25) is 0 Å². The molecule has 0 bridgehead atoms. The average molecular weight is 262 g/mol. The van der Waals surface area contributed by atoms with Crippen molar-refractivity contribution in [2.24, 2.45) is 0 Å².